The third-order valence-electron chi connectivity index (χ3n) is 1.90. The zero-order valence-electron chi connectivity index (χ0n) is 7.96. The molecule has 0 saturated carbocycles. The van der Waals surface area contributed by atoms with Crippen molar-refractivity contribution in [3.05, 3.63) is 54.4 Å². The molecule has 0 amide bonds. The molecule has 2 rings (SSSR count). The summed E-state index contributed by atoms with van der Waals surface area (Å²) in [6, 6.07) is 11.4. The van der Waals surface area contributed by atoms with E-state index < -0.39 is 0 Å². The first kappa shape index (κ1) is 9.93. The van der Waals surface area contributed by atoms with Gasteiger partial charge in [0.1, 0.15) is 6.29 Å². The average Bonchev–Trinajstić information content (AvgIpc) is 2.31. The number of carbonyl (C=O) groups excluding carboxylic acids is 1. The Hall–Kier alpha value is -1.61. The van der Waals surface area contributed by atoms with Crippen LogP contribution in [0.15, 0.2) is 58.6 Å². The van der Waals surface area contributed by atoms with Gasteiger partial charge in [-0.2, -0.15) is 0 Å². The predicted octanol–water partition coefficient (Wildman–Crippen LogP) is 3.05. The number of aldehydes is 1. The molecular weight excluding hydrogens is 206 g/mol. The molecule has 0 spiro atoms. The van der Waals surface area contributed by atoms with E-state index in [1.54, 1.807) is 24.2 Å². The maximum atomic E-state index is 10.5. The fourth-order valence-corrected chi connectivity index (χ4v) is 1.96. The average molecular weight is 215 g/mol. The van der Waals surface area contributed by atoms with Gasteiger partial charge in [0.25, 0.3) is 0 Å². The summed E-state index contributed by atoms with van der Waals surface area (Å²) in [5.41, 5.74) is 0.703. The van der Waals surface area contributed by atoms with Crippen molar-refractivity contribution in [1.82, 2.24) is 4.98 Å². The largest absolute Gasteiger partial charge is 0.298 e. The Labute approximate surface area is 92.4 Å². The molecule has 0 unspecified atom stereocenters. The standard InChI is InChI=1S/C12H9NOS/c14-9-10-1-3-11(4-2-10)15-12-5-7-13-8-6-12/h1-9H. The Morgan fingerprint density at radius 3 is 2.13 bits per heavy atom. The zero-order chi connectivity index (χ0) is 10.5. The highest BCUT2D eigenvalue weighted by molar-refractivity contribution is 7.99. The molecule has 1 heterocycles. The van der Waals surface area contributed by atoms with E-state index in [4.69, 9.17) is 0 Å². The van der Waals surface area contributed by atoms with E-state index in [2.05, 4.69) is 4.98 Å². The minimum absolute atomic E-state index is 0.703. The number of aromatic nitrogens is 1. The number of hydrogen-bond donors (Lipinski definition) is 0. The van der Waals surface area contributed by atoms with E-state index in [1.165, 1.54) is 0 Å². The van der Waals surface area contributed by atoms with Crippen LogP contribution in [0.5, 0.6) is 0 Å². The normalized spacial score (nSPS) is 9.87. The fraction of sp³-hybridized carbons (Fsp3) is 0. The number of benzene rings is 1. The van der Waals surface area contributed by atoms with Crippen LogP contribution in [0.2, 0.25) is 0 Å². The van der Waals surface area contributed by atoms with Crippen molar-refractivity contribution in [2.75, 3.05) is 0 Å². The van der Waals surface area contributed by atoms with Crippen LogP contribution >= 0.6 is 11.8 Å². The molecule has 15 heavy (non-hydrogen) atoms. The van der Waals surface area contributed by atoms with E-state index in [-0.39, 0.29) is 0 Å². The molecule has 1 aromatic carbocycles. The van der Waals surface area contributed by atoms with Crippen molar-refractivity contribution in [2.24, 2.45) is 0 Å². The summed E-state index contributed by atoms with van der Waals surface area (Å²) in [7, 11) is 0. The van der Waals surface area contributed by atoms with Gasteiger partial charge in [0.2, 0.25) is 0 Å². The van der Waals surface area contributed by atoms with Gasteiger partial charge in [0, 0.05) is 27.7 Å². The number of rotatable bonds is 3. The summed E-state index contributed by atoms with van der Waals surface area (Å²) in [5, 5.41) is 0. The molecule has 2 aromatic rings. The molecule has 0 fully saturated rings. The quantitative estimate of drug-likeness (QED) is 0.737. The smallest absolute Gasteiger partial charge is 0.150 e. The highest BCUT2D eigenvalue weighted by Gasteiger charge is 1.96. The second-order valence-electron chi connectivity index (χ2n) is 2.97. The van der Waals surface area contributed by atoms with Gasteiger partial charge in [-0.05, 0) is 24.3 Å². The van der Waals surface area contributed by atoms with Crippen LogP contribution in [0.3, 0.4) is 0 Å². The van der Waals surface area contributed by atoms with Gasteiger partial charge >= 0.3 is 0 Å². The third kappa shape index (κ3) is 2.67. The second-order valence-corrected chi connectivity index (χ2v) is 4.12. The van der Waals surface area contributed by atoms with E-state index >= 15 is 0 Å². The monoisotopic (exact) mass is 215 g/mol. The van der Waals surface area contributed by atoms with Crippen molar-refractivity contribution in [3.8, 4) is 0 Å². The number of nitrogens with zero attached hydrogens (tertiary/aromatic N) is 1. The van der Waals surface area contributed by atoms with Gasteiger partial charge in [-0.25, -0.2) is 0 Å². The predicted molar refractivity (Wildman–Crippen MR) is 60.2 cm³/mol. The zero-order valence-corrected chi connectivity index (χ0v) is 8.78. The lowest BCUT2D eigenvalue weighted by molar-refractivity contribution is 0.112. The van der Waals surface area contributed by atoms with Gasteiger partial charge < -0.3 is 0 Å². The van der Waals surface area contributed by atoms with Gasteiger partial charge in [0.05, 0.1) is 0 Å². The van der Waals surface area contributed by atoms with Crippen molar-refractivity contribution < 1.29 is 4.79 Å². The summed E-state index contributed by atoms with van der Waals surface area (Å²) >= 11 is 1.65. The summed E-state index contributed by atoms with van der Waals surface area (Å²) in [4.78, 5) is 16.7. The van der Waals surface area contributed by atoms with E-state index in [0.717, 1.165) is 16.1 Å². The van der Waals surface area contributed by atoms with Gasteiger partial charge in [0.15, 0.2) is 0 Å². The molecule has 0 radical (unpaired) electrons. The molecule has 0 saturated heterocycles. The summed E-state index contributed by atoms with van der Waals surface area (Å²) in [6.07, 6.45) is 4.38. The molecule has 0 aliphatic carbocycles. The lowest BCUT2D eigenvalue weighted by Gasteiger charge is -2.00. The van der Waals surface area contributed by atoms with E-state index in [1.807, 2.05) is 36.4 Å². The maximum Gasteiger partial charge on any atom is 0.150 e. The van der Waals surface area contributed by atoms with Gasteiger partial charge in [-0.1, -0.05) is 23.9 Å². The van der Waals surface area contributed by atoms with Crippen LogP contribution in [0.1, 0.15) is 10.4 Å². The number of pyridine rings is 1. The lowest BCUT2D eigenvalue weighted by atomic mass is 10.2. The Morgan fingerprint density at radius 1 is 0.933 bits per heavy atom. The van der Waals surface area contributed by atoms with Crippen LogP contribution in [0, 0.1) is 0 Å². The summed E-state index contributed by atoms with van der Waals surface area (Å²) in [6.45, 7) is 0. The van der Waals surface area contributed by atoms with Crippen LogP contribution in [-0.2, 0) is 0 Å². The highest BCUT2D eigenvalue weighted by Crippen LogP contribution is 2.26. The molecule has 0 aliphatic rings. The molecule has 3 heteroatoms. The maximum absolute atomic E-state index is 10.5. The Balaban J connectivity index is 2.15. The van der Waals surface area contributed by atoms with E-state index in [0.29, 0.717) is 5.56 Å². The minimum atomic E-state index is 0.703. The molecular formula is C12H9NOS. The van der Waals surface area contributed by atoms with Crippen molar-refractivity contribution in [3.63, 3.8) is 0 Å². The third-order valence-corrected chi connectivity index (χ3v) is 2.92. The molecule has 0 atom stereocenters. The Kier molecular flexibility index (Phi) is 3.15. The first-order chi connectivity index (χ1) is 7.38. The topological polar surface area (TPSA) is 30.0 Å². The van der Waals surface area contributed by atoms with Crippen LogP contribution < -0.4 is 0 Å². The van der Waals surface area contributed by atoms with Crippen molar-refractivity contribution >= 4 is 18.0 Å². The minimum Gasteiger partial charge on any atom is -0.298 e. The van der Waals surface area contributed by atoms with Gasteiger partial charge in [-0.15, -0.1) is 0 Å². The summed E-state index contributed by atoms with van der Waals surface area (Å²) < 4.78 is 0. The molecule has 0 aliphatic heterocycles. The molecule has 1 aromatic heterocycles. The Bertz CT molecular complexity index is 439. The second kappa shape index (κ2) is 4.75. The SMILES string of the molecule is O=Cc1ccc(Sc2ccncc2)cc1. The number of hydrogen-bond acceptors (Lipinski definition) is 3. The van der Waals surface area contributed by atoms with Gasteiger partial charge in [-0.3, -0.25) is 9.78 Å². The fourth-order valence-electron chi connectivity index (χ4n) is 1.16. The highest BCUT2D eigenvalue weighted by atomic mass is 32.2. The lowest BCUT2D eigenvalue weighted by Crippen LogP contribution is -1.79. The van der Waals surface area contributed by atoms with Crippen LogP contribution in [-0.4, -0.2) is 11.3 Å². The first-order valence-electron chi connectivity index (χ1n) is 4.51. The van der Waals surface area contributed by atoms with Crippen LogP contribution in [0.4, 0.5) is 0 Å². The number of carbonyl (C=O) groups is 1. The first-order valence-corrected chi connectivity index (χ1v) is 5.33. The summed E-state index contributed by atoms with van der Waals surface area (Å²) in [5.74, 6) is 0. The molecule has 74 valence electrons. The Morgan fingerprint density at radius 2 is 1.53 bits per heavy atom. The molecule has 0 N–H and O–H groups in total. The van der Waals surface area contributed by atoms with Crippen molar-refractivity contribution in [1.29, 1.82) is 0 Å². The molecule has 0 bridgehead atoms. The van der Waals surface area contributed by atoms with Crippen LogP contribution in [0.25, 0.3) is 0 Å². The van der Waals surface area contributed by atoms with Crippen molar-refractivity contribution in [2.45, 2.75) is 9.79 Å². The molecule has 2 nitrogen and oxygen atoms in total. The van der Waals surface area contributed by atoms with E-state index in [9.17, 15) is 4.79 Å².